The minimum absolute atomic E-state index is 0.0122. The molecular weight excluding hydrogens is 282 g/mol. The van der Waals surface area contributed by atoms with Crippen molar-refractivity contribution in [2.75, 3.05) is 5.73 Å². The molecule has 1 fully saturated rings. The summed E-state index contributed by atoms with van der Waals surface area (Å²) >= 11 is 0. The topological polar surface area (TPSA) is 95.0 Å². The van der Waals surface area contributed by atoms with Crippen LogP contribution in [-0.4, -0.2) is 21.1 Å². The molecule has 114 valence electrons. The number of nitrogen functional groups attached to an aromatic ring is 1. The largest absolute Gasteiger partial charge is 0.398 e. The molecule has 6 heteroatoms. The number of aromatic nitrogens is 2. The van der Waals surface area contributed by atoms with Crippen LogP contribution >= 0.6 is 0 Å². The van der Waals surface area contributed by atoms with Crippen LogP contribution in [0.3, 0.4) is 0 Å². The Balaban J connectivity index is 2.53. The van der Waals surface area contributed by atoms with Gasteiger partial charge in [0.25, 0.3) is 5.56 Å². The first kappa shape index (κ1) is 8.82. The lowest BCUT2D eigenvalue weighted by molar-refractivity contribution is -0.136. The molecule has 1 heterocycles. The van der Waals surface area contributed by atoms with E-state index in [0.29, 0.717) is 0 Å². The predicted octanol–water partition coefficient (Wildman–Crippen LogP) is 1.32. The first-order chi connectivity index (χ1) is 12.8. The number of carbonyl (C=O) groups is 2. The van der Waals surface area contributed by atoms with Crippen molar-refractivity contribution < 1.29 is 17.8 Å². The number of nitrogens with zero attached hydrogens (tertiary/aromatic N) is 2. The van der Waals surface area contributed by atoms with Gasteiger partial charge in [-0.05, 0) is 32.3 Å². The molecule has 1 saturated carbocycles. The van der Waals surface area contributed by atoms with Gasteiger partial charge < -0.3 is 5.73 Å². The fourth-order valence-electron chi connectivity index (χ4n) is 2.75. The molecule has 3 rings (SSSR count). The molecule has 0 bridgehead atoms. The van der Waals surface area contributed by atoms with Gasteiger partial charge in [-0.3, -0.25) is 19.0 Å². The molecule has 1 aliphatic carbocycles. The highest BCUT2D eigenvalue weighted by molar-refractivity contribution is 6.05. The smallest absolute Gasteiger partial charge is 0.264 e. The van der Waals surface area contributed by atoms with Crippen LogP contribution in [-0.2, 0) is 15.1 Å². The summed E-state index contributed by atoms with van der Waals surface area (Å²) in [6, 6.07) is -1.74. The van der Waals surface area contributed by atoms with E-state index in [2.05, 4.69) is 4.98 Å². The molecule has 1 atom stereocenters. The molecule has 0 unspecified atom stereocenters. The van der Waals surface area contributed by atoms with Crippen LogP contribution in [0.1, 0.15) is 40.2 Å². The number of fused-ring (bicyclic) bond motifs is 1. The second-order valence-electron chi connectivity index (χ2n) is 5.50. The standard InChI is InChI=1S/C16H17N3O3/c1-9-18-12-5-3-4-11(17)14(12)15(22)19(9)16(2)7-6-10(20)8-13(16)21/h3-5H,6-8,17H2,1-2H3/t16-/m1/s1/i1D3,3D,4D,5D. The minimum Gasteiger partial charge on any atom is -0.398 e. The van der Waals surface area contributed by atoms with Crippen molar-refractivity contribution in [3.8, 4) is 0 Å². The van der Waals surface area contributed by atoms with E-state index in [-0.39, 0.29) is 24.0 Å². The second-order valence-corrected chi connectivity index (χ2v) is 5.50. The number of hydrogen-bond donors (Lipinski definition) is 1. The fourth-order valence-corrected chi connectivity index (χ4v) is 2.75. The Bertz CT molecular complexity index is 1110. The van der Waals surface area contributed by atoms with Crippen LogP contribution in [0.25, 0.3) is 10.9 Å². The van der Waals surface area contributed by atoms with Gasteiger partial charge in [0.05, 0.1) is 21.4 Å². The summed E-state index contributed by atoms with van der Waals surface area (Å²) in [5.41, 5.74) is 2.38. The summed E-state index contributed by atoms with van der Waals surface area (Å²) in [6.45, 7) is -1.55. The van der Waals surface area contributed by atoms with Crippen LogP contribution < -0.4 is 11.3 Å². The molecule has 0 saturated heterocycles. The number of nitrogens with two attached hydrogens (primary N) is 1. The van der Waals surface area contributed by atoms with E-state index in [1.165, 1.54) is 6.92 Å². The van der Waals surface area contributed by atoms with Crippen molar-refractivity contribution in [1.82, 2.24) is 9.55 Å². The van der Waals surface area contributed by atoms with Crippen LogP contribution in [0.4, 0.5) is 5.69 Å². The lowest BCUT2D eigenvalue weighted by atomic mass is 9.81. The highest BCUT2D eigenvalue weighted by atomic mass is 16.2. The highest BCUT2D eigenvalue weighted by Crippen LogP contribution is 2.30. The minimum atomic E-state index is -2.92. The maximum atomic E-state index is 13.3. The summed E-state index contributed by atoms with van der Waals surface area (Å²) in [7, 11) is 0. The number of carbonyl (C=O) groups excluding carboxylic acids is 2. The number of aryl methyl sites for hydroxylation is 1. The van der Waals surface area contributed by atoms with Crippen molar-refractivity contribution in [1.29, 1.82) is 0 Å². The number of benzene rings is 1. The Kier molecular flexibility index (Phi) is 1.91. The molecule has 6 nitrogen and oxygen atoms in total. The number of anilines is 1. The Hall–Kier alpha value is -2.50. The van der Waals surface area contributed by atoms with Gasteiger partial charge in [-0.1, -0.05) is 6.04 Å². The highest BCUT2D eigenvalue weighted by Gasteiger charge is 2.41. The van der Waals surface area contributed by atoms with Gasteiger partial charge in [0.1, 0.15) is 17.1 Å². The van der Waals surface area contributed by atoms with Crippen molar-refractivity contribution in [2.24, 2.45) is 0 Å². The van der Waals surface area contributed by atoms with E-state index in [1.54, 1.807) is 0 Å². The molecule has 1 aromatic heterocycles. The van der Waals surface area contributed by atoms with Gasteiger partial charge in [-0.15, -0.1) is 0 Å². The van der Waals surface area contributed by atoms with E-state index < -0.39 is 65.3 Å². The van der Waals surface area contributed by atoms with E-state index in [4.69, 9.17) is 14.0 Å². The van der Waals surface area contributed by atoms with Crippen LogP contribution in [0.15, 0.2) is 22.9 Å². The summed E-state index contributed by atoms with van der Waals surface area (Å²) in [5, 5.41) is -0.384. The average molecular weight is 305 g/mol. The van der Waals surface area contributed by atoms with Gasteiger partial charge in [-0.25, -0.2) is 4.98 Å². The molecule has 0 spiro atoms. The first-order valence-corrected chi connectivity index (χ1v) is 6.68. The summed E-state index contributed by atoms with van der Waals surface area (Å²) < 4.78 is 47.6. The zero-order valence-corrected chi connectivity index (χ0v) is 11.8. The van der Waals surface area contributed by atoms with Crippen LogP contribution in [0.5, 0.6) is 0 Å². The second kappa shape index (κ2) is 4.76. The van der Waals surface area contributed by atoms with Gasteiger partial charge in [0.2, 0.25) is 0 Å². The quantitative estimate of drug-likeness (QED) is 0.633. The molecule has 0 aliphatic heterocycles. The third-order valence-electron chi connectivity index (χ3n) is 4.07. The van der Waals surface area contributed by atoms with E-state index in [1.807, 2.05) is 0 Å². The molecule has 2 aromatic rings. The first-order valence-electron chi connectivity index (χ1n) is 9.68. The predicted molar refractivity (Wildman–Crippen MR) is 82.7 cm³/mol. The van der Waals surface area contributed by atoms with Crippen LogP contribution in [0, 0.1) is 6.85 Å². The zero-order valence-electron chi connectivity index (χ0n) is 17.8. The Morgan fingerprint density at radius 2 is 2.18 bits per heavy atom. The Labute approximate surface area is 135 Å². The van der Waals surface area contributed by atoms with Crippen molar-refractivity contribution in [3.63, 3.8) is 0 Å². The summed E-state index contributed by atoms with van der Waals surface area (Å²) in [4.78, 5) is 41.5. The zero-order chi connectivity index (χ0) is 21.2. The number of hydrogen-bond acceptors (Lipinski definition) is 5. The normalized spacial score (nSPS) is 26.8. The van der Waals surface area contributed by atoms with E-state index in [9.17, 15) is 14.4 Å². The molecular formula is C16H17N3O3. The Morgan fingerprint density at radius 1 is 1.41 bits per heavy atom. The molecule has 0 radical (unpaired) electrons. The van der Waals surface area contributed by atoms with Gasteiger partial charge in [0.15, 0.2) is 5.78 Å². The van der Waals surface area contributed by atoms with Gasteiger partial charge in [-0.2, -0.15) is 0 Å². The summed E-state index contributed by atoms with van der Waals surface area (Å²) in [5.74, 6) is -1.65. The molecule has 1 aliphatic rings. The molecule has 0 amide bonds. The van der Waals surface area contributed by atoms with E-state index >= 15 is 0 Å². The Morgan fingerprint density at radius 3 is 2.86 bits per heavy atom. The summed E-state index contributed by atoms with van der Waals surface area (Å²) in [6.07, 6.45) is -0.531. The SMILES string of the molecule is [2H]c1c([2H])c(N)c2c(=O)n([C@]3(C)CCC(=O)CC3=O)c(C([2H])([2H])[2H])nc2c1[2H]. The van der Waals surface area contributed by atoms with Crippen molar-refractivity contribution >= 4 is 28.2 Å². The molecule has 2 N–H and O–H groups in total. The molecule has 1 aromatic carbocycles. The fraction of sp³-hybridized carbons (Fsp3) is 0.375. The number of Topliss-reactive ketones (excluding diaryl/α,β-unsaturated/α-hetero) is 2. The molecule has 22 heavy (non-hydrogen) atoms. The average Bonchev–Trinajstić information content (AvgIpc) is 2.60. The monoisotopic (exact) mass is 305 g/mol. The van der Waals surface area contributed by atoms with Crippen LogP contribution in [0.2, 0.25) is 0 Å². The maximum absolute atomic E-state index is 13.3. The third-order valence-corrected chi connectivity index (χ3v) is 4.07. The number of ketones is 2. The van der Waals surface area contributed by atoms with Crippen molar-refractivity contribution in [3.05, 3.63) is 34.3 Å². The number of rotatable bonds is 1. The lowest BCUT2D eigenvalue weighted by Crippen LogP contribution is -2.49. The van der Waals surface area contributed by atoms with Gasteiger partial charge >= 0.3 is 0 Å². The van der Waals surface area contributed by atoms with Gasteiger partial charge in [0, 0.05) is 16.2 Å². The third kappa shape index (κ3) is 1.94. The lowest BCUT2D eigenvalue weighted by Gasteiger charge is -2.34. The van der Waals surface area contributed by atoms with E-state index in [0.717, 1.165) is 4.57 Å². The maximum Gasteiger partial charge on any atom is 0.264 e. The van der Waals surface area contributed by atoms with Crippen molar-refractivity contribution in [2.45, 2.75) is 38.6 Å².